The van der Waals surface area contributed by atoms with Crippen LogP contribution in [0.1, 0.15) is 29.0 Å². The minimum Gasteiger partial charge on any atom is -0.398 e. The summed E-state index contributed by atoms with van der Waals surface area (Å²) in [6, 6.07) is 11.1. The van der Waals surface area contributed by atoms with Crippen LogP contribution in [0.3, 0.4) is 0 Å². The number of nitrogen functional groups attached to an aromatic ring is 1. The molecule has 1 aliphatic rings. The van der Waals surface area contributed by atoms with Crippen LogP contribution >= 0.6 is 0 Å². The average Bonchev–Trinajstić information content (AvgIpc) is 2.90. The number of hydrogen-bond acceptors (Lipinski definition) is 3. The quantitative estimate of drug-likeness (QED) is 0.895. The van der Waals surface area contributed by atoms with Crippen molar-refractivity contribution in [3.8, 4) is 0 Å². The average molecular weight is 267 g/mol. The van der Waals surface area contributed by atoms with E-state index in [1.54, 1.807) is 6.20 Å². The van der Waals surface area contributed by atoms with E-state index in [4.69, 9.17) is 5.73 Å². The highest BCUT2D eigenvalue weighted by molar-refractivity contribution is 5.45. The largest absolute Gasteiger partial charge is 0.398 e. The third-order valence-electron chi connectivity index (χ3n) is 4.42. The SMILES string of the molecule is CNC(Cc1cnccc1N)C1CCc2ccccc21. The van der Waals surface area contributed by atoms with Gasteiger partial charge in [0.15, 0.2) is 0 Å². The third kappa shape index (κ3) is 2.41. The molecule has 20 heavy (non-hydrogen) atoms. The van der Waals surface area contributed by atoms with E-state index in [9.17, 15) is 0 Å². The van der Waals surface area contributed by atoms with Crippen molar-refractivity contribution in [1.82, 2.24) is 10.3 Å². The highest BCUT2D eigenvalue weighted by Gasteiger charge is 2.28. The standard InChI is InChI=1S/C17H21N3/c1-19-17(10-13-11-20-9-8-16(13)18)15-7-6-12-4-2-3-5-14(12)15/h2-5,8-9,11,15,17,19H,6-7,10H2,1H3,(H2,18,20). The highest BCUT2D eigenvalue weighted by Crippen LogP contribution is 2.36. The predicted octanol–water partition coefficient (Wildman–Crippen LogP) is 2.52. The van der Waals surface area contributed by atoms with Gasteiger partial charge in [-0.3, -0.25) is 4.98 Å². The van der Waals surface area contributed by atoms with E-state index in [1.165, 1.54) is 24.0 Å². The van der Waals surface area contributed by atoms with Gasteiger partial charge in [-0.2, -0.15) is 0 Å². The summed E-state index contributed by atoms with van der Waals surface area (Å²) in [5, 5.41) is 3.48. The number of anilines is 1. The zero-order chi connectivity index (χ0) is 13.9. The molecule has 2 aromatic rings. The third-order valence-corrected chi connectivity index (χ3v) is 4.42. The molecule has 2 unspecified atom stereocenters. The molecule has 1 aliphatic carbocycles. The molecule has 1 aromatic carbocycles. The zero-order valence-electron chi connectivity index (χ0n) is 11.8. The molecule has 0 saturated heterocycles. The number of fused-ring (bicyclic) bond motifs is 1. The molecule has 3 N–H and O–H groups in total. The summed E-state index contributed by atoms with van der Waals surface area (Å²) in [5.74, 6) is 0.566. The highest BCUT2D eigenvalue weighted by atomic mass is 14.9. The summed E-state index contributed by atoms with van der Waals surface area (Å²) in [7, 11) is 2.04. The fourth-order valence-corrected chi connectivity index (χ4v) is 3.30. The van der Waals surface area contributed by atoms with E-state index >= 15 is 0 Å². The minimum absolute atomic E-state index is 0.408. The minimum atomic E-state index is 0.408. The topological polar surface area (TPSA) is 50.9 Å². The Morgan fingerprint density at radius 2 is 2.20 bits per heavy atom. The molecule has 0 bridgehead atoms. The van der Waals surface area contributed by atoms with Crippen molar-refractivity contribution in [2.75, 3.05) is 12.8 Å². The molecular formula is C17H21N3. The van der Waals surface area contributed by atoms with Gasteiger partial charge in [0.25, 0.3) is 0 Å². The fourth-order valence-electron chi connectivity index (χ4n) is 3.30. The van der Waals surface area contributed by atoms with Gasteiger partial charge < -0.3 is 11.1 Å². The Kier molecular flexibility index (Phi) is 3.70. The Morgan fingerprint density at radius 3 is 3.00 bits per heavy atom. The fraction of sp³-hybridized carbons (Fsp3) is 0.353. The summed E-state index contributed by atoms with van der Waals surface area (Å²) in [5.41, 5.74) is 11.0. The van der Waals surface area contributed by atoms with Crippen LogP contribution in [0.5, 0.6) is 0 Å². The number of nitrogens with zero attached hydrogens (tertiary/aromatic N) is 1. The number of rotatable bonds is 4. The molecule has 104 valence electrons. The van der Waals surface area contributed by atoms with Gasteiger partial charge in [-0.1, -0.05) is 24.3 Å². The zero-order valence-corrected chi connectivity index (χ0v) is 11.8. The maximum absolute atomic E-state index is 6.05. The second kappa shape index (κ2) is 5.63. The van der Waals surface area contributed by atoms with Crippen LogP contribution in [-0.2, 0) is 12.8 Å². The van der Waals surface area contributed by atoms with Crippen molar-refractivity contribution in [2.24, 2.45) is 0 Å². The Morgan fingerprint density at radius 1 is 1.35 bits per heavy atom. The summed E-state index contributed by atoms with van der Waals surface area (Å²) in [6.07, 6.45) is 6.96. The van der Waals surface area contributed by atoms with Crippen molar-refractivity contribution in [3.63, 3.8) is 0 Å². The van der Waals surface area contributed by atoms with Gasteiger partial charge in [0.05, 0.1) is 0 Å². The molecule has 1 aromatic heterocycles. The molecule has 3 heteroatoms. The number of aryl methyl sites for hydroxylation is 1. The lowest BCUT2D eigenvalue weighted by molar-refractivity contribution is 0.456. The van der Waals surface area contributed by atoms with E-state index in [0.717, 1.165) is 17.7 Å². The molecule has 0 aliphatic heterocycles. The van der Waals surface area contributed by atoms with Crippen LogP contribution in [0, 0.1) is 0 Å². The maximum Gasteiger partial charge on any atom is 0.0378 e. The van der Waals surface area contributed by atoms with E-state index in [2.05, 4.69) is 34.6 Å². The van der Waals surface area contributed by atoms with Crippen molar-refractivity contribution in [2.45, 2.75) is 31.2 Å². The van der Waals surface area contributed by atoms with Crippen molar-refractivity contribution in [3.05, 3.63) is 59.4 Å². The van der Waals surface area contributed by atoms with Crippen LogP contribution in [0.4, 0.5) is 5.69 Å². The normalized spacial score (nSPS) is 18.8. The molecule has 0 spiro atoms. The van der Waals surface area contributed by atoms with E-state index in [-0.39, 0.29) is 0 Å². The summed E-state index contributed by atoms with van der Waals surface area (Å²) in [6.45, 7) is 0. The number of pyridine rings is 1. The predicted molar refractivity (Wildman–Crippen MR) is 82.7 cm³/mol. The summed E-state index contributed by atoms with van der Waals surface area (Å²) >= 11 is 0. The van der Waals surface area contributed by atoms with Gasteiger partial charge in [-0.05, 0) is 49.1 Å². The first-order valence-corrected chi connectivity index (χ1v) is 7.23. The molecule has 1 heterocycles. The molecule has 3 nitrogen and oxygen atoms in total. The molecular weight excluding hydrogens is 246 g/mol. The monoisotopic (exact) mass is 267 g/mol. The maximum atomic E-state index is 6.05. The second-order valence-corrected chi connectivity index (χ2v) is 5.52. The van der Waals surface area contributed by atoms with Gasteiger partial charge in [0.2, 0.25) is 0 Å². The van der Waals surface area contributed by atoms with Crippen molar-refractivity contribution >= 4 is 5.69 Å². The number of nitrogens with two attached hydrogens (primary N) is 1. The van der Waals surface area contributed by atoms with Gasteiger partial charge in [-0.25, -0.2) is 0 Å². The van der Waals surface area contributed by atoms with Crippen LogP contribution in [0.25, 0.3) is 0 Å². The van der Waals surface area contributed by atoms with Crippen molar-refractivity contribution < 1.29 is 0 Å². The summed E-state index contributed by atoms with van der Waals surface area (Å²) < 4.78 is 0. The molecule has 0 fully saturated rings. The Balaban J connectivity index is 1.83. The number of hydrogen-bond donors (Lipinski definition) is 2. The lowest BCUT2D eigenvalue weighted by Crippen LogP contribution is -2.33. The molecule has 0 radical (unpaired) electrons. The van der Waals surface area contributed by atoms with Crippen LogP contribution in [0.2, 0.25) is 0 Å². The van der Waals surface area contributed by atoms with Crippen LogP contribution in [-0.4, -0.2) is 18.1 Å². The van der Waals surface area contributed by atoms with E-state index in [1.807, 2.05) is 19.3 Å². The Labute approximate surface area is 120 Å². The van der Waals surface area contributed by atoms with Gasteiger partial charge >= 0.3 is 0 Å². The molecule has 0 saturated carbocycles. The molecule has 2 atom stereocenters. The number of benzene rings is 1. The van der Waals surface area contributed by atoms with E-state index in [0.29, 0.717) is 12.0 Å². The lowest BCUT2D eigenvalue weighted by atomic mass is 9.89. The number of likely N-dealkylation sites (N-methyl/N-ethyl adjacent to an activating group) is 1. The second-order valence-electron chi connectivity index (χ2n) is 5.52. The van der Waals surface area contributed by atoms with Crippen LogP contribution < -0.4 is 11.1 Å². The first-order valence-electron chi connectivity index (χ1n) is 7.23. The number of nitrogens with one attached hydrogen (secondary N) is 1. The lowest BCUT2D eigenvalue weighted by Gasteiger charge is -2.24. The smallest absolute Gasteiger partial charge is 0.0378 e. The Bertz CT molecular complexity index is 594. The first-order chi connectivity index (χ1) is 9.79. The summed E-state index contributed by atoms with van der Waals surface area (Å²) in [4.78, 5) is 4.20. The first kappa shape index (κ1) is 13.1. The van der Waals surface area contributed by atoms with Gasteiger partial charge in [0.1, 0.15) is 0 Å². The van der Waals surface area contributed by atoms with E-state index < -0.39 is 0 Å². The van der Waals surface area contributed by atoms with Crippen molar-refractivity contribution in [1.29, 1.82) is 0 Å². The van der Waals surface area contributed by atoms with Gasteiger partial charge in [-0.15, -0.1) is 0 Å². The van der Waals surface area contributed by atoms with Gasteiger partial charge in [0, 0.05) is 30.0 Å². The van der Waals surface area contributed by atoms with Crippen LogP contribution in [0.15, 0.2) is 42.7 Å². The molecule has 3 rings (SSSR count). The Hall–Kier alpha value is -1.87. The number of aromatic nitrogens is 1. The molecule has 0 amide bonds.